The number of anilines is 2. The van der Waals surface area contributed by atoms with Gasteiger partial charge in [-0.25, -0.2) is 9.97 Å². The van der Waals surface area contributed by atoms with Gasteiger partial charge in [0.2, 0.25) is 6.41 Å². The Hall–Kier alpha value is -2.52. The maximum Gasteiger partial charge on any atom is 0.209 e. The van der Waals surface area contributed by atoms with Crippen LogP contribution in [0.3, 0.4) is 0 Å². The summed E-state index contributed by atoms with van der Waals surface area (Å²) >= 11 is 1.57. The van der Waals surface area contributed by atoms with Crippen molar-refractivity contribution in [1.82, 2.24) is 19.8 Å². The van der Waals surface area contributed by atoms with Gasteiger partial charge < -0.3 is 21.1 Å². The number of nitrogens with zero attached hydrogens (tertiary/aromatic N) is 4. The van der Waals surface area contributed by atoms with Crippen molar-refractivity contribution in [3.05, 3.63) is 35.4 Å². The van der Waals surface area contributed by atoms with Gasteiger partial charge in [0.15, 0.2) is 5.16 Å². The number of nitrogens with two attached hydrogens (primary N) is 2. The van der Waals surface area contributed by atoms with Crippen molar-refractivity contribution in [2.75, 3.05) is 56.6 Å². The third-order valence-corrected chi connectivity index (χ3v) is 6.03. The average Bonchev–Trinajstić information content (AvgIpc) is 2.75. The first kappa shape index (κ1) is 22.2. The van der Waals surface area contributed by atoms with Gasteiger partial charge in [-0.05, 0) is 31.5 Å². The van der Waals surface area contributed by atoms with Crippen molar-refractivity contribution < 1.29 is 9.53 Å². The van der Waals surface area contributed by atoms with Gasteiger partial charge in [0.05, 0.1) is 6.61 Å². The topological polar surface area (TPSA) is 111 Å². The average molecular weight is 431 g/mol. The van der Waals surface area contributed by atoms with Crippen LogP contribution in [0.2, 0.25) is 0 Å². The van der Waals surface area contributed by atoms with Crippen LogP contribution in [-0.2, 0) is 11.2 Å². The SMILES string of the molecule is CCOc1ccccc1Cc1c(N)nc(SCCCN2CCN(C=O)CC2)nc1N. The Kier molecular flexibility index (Phi) is 8.15. The lowest BCUT2D eigenvalue weighted by Crippen LogP contribution is -2.45. The van der Waals surface area contributed by atoms with E-state index in [0.717, 1.165) is 68.2 Å². The number of nitrogen functional groups attached to an aromatic ring is 2. The minimum absolute atomic E-state index is 0.418. The second kappa shape index (κ2) is 11.0. The van der Waals surface area contributed by atoms with Gasteiger partial charge in [-0.1, -0.05) is 30.0 Å². The number of aromatic nitrogens is 2. The van der Waals surface area contributed by atoms with Gasteiger partial charge in [0.25, 0.3) is 0 Å². The van der Waals surface area contributed by atoms with Crippen molar-refractivity contribution in [2.45, 2.75) is 24.9 Å². The number of carbonyl (C=O) groups excluding carboxylic acids is 1. The van der Waals surface area contributed by atoms with E-state index in [1.165, 1.54) is 0 Å². The molecule has 162 valence electrons. The van der Waals surface area contributed by atoms with Gasteiger partial charge >= 0.3 is 0 Å². The van der Waals surface area contributed by atoms with Gasteiger partial charge in [-0.3, -0.25) is 9.69 Å². The Morgan fingerprint density at radius 3 is 2.50 bits per heavy atom. The largest absolute Gasteiger partial charge is 0.494 e. The van der Waals surface area contributed by atoms with Crippen molar-refractivity contribution in [3.63, 3.8) is 0 Å². The molecule has 1 aromatic heterocycles. The van der Waals surface area contributed by atoms with E-state index in [1.807, 2.05) is 36.1 Å². The molecule has 1 aliphatic heterocycles. The Morgan fingerprint density at radius 2 is 1.83 bits per heavy atom. The summed E-state index contributed by atoms with van der Waals surface area (Å²) in [6.07, 6.45) is 2.47. The Balaban J connectivity index is 1.53. The smallest absolute Gasteiger partial charge is 0.209 e. The fourth-order valence-corrected chi connectivity index (χ4v) is 4.21. The zero-order valence-electron chi connectivity index (χ0n) is 17.4. The highest BCUT2D eigenvalue weighted by Gasteiger charge is 2.16. The Morgan fingerprint density at radius 1 is 1.13 bits per heavy atom. The van der Waals surface area contributed by atoms with Crippen molar-refractivity contribution in [1.29, 1.82) is 0 Å². The summed E-state index contributed by atoms with van der Waals surface area (Å²) in [4.78, 5) is 23.9. The number of piperazine rings is 1. The number of thioether (sulfide) groups is 1. The number of benzene rings is 1. The lowest BCUT2D eigenvalue weighted by molar-refractivity contribution is -0.119. The highest BCUT2D eigenvalue weighted by Crippen LogP contribution is 2.28. The summed E-state index contributed by atoms with van der Waals surface area (Å²) in [5, 5.41) is 0.609. The molecule has 8 nitrogen and oxygen atoms in total. The zero-order valence-corrected chi connectivity index (χ0v) is 18.2. The van der Waals surface area contributed by atoms with Crippen LogP contribution < -0.4 is 16.2 Å². The van der Waals surface area contributed by atoms with Crippen LogP contribution in [0.1, 0.15) is 24.5 Å². The van der Waals surface area contributed by atoms with Crippen LogP contribution in [0.15, 0.2) is 29.4 Å². The summed E-state index contributed by atoms with van der Waals surface area (Å²) in [7, 11) is 0. The van der Waals surface area contributed by atoms with Crippen LogP contribution in [0.4, 0.5) is 11.6 Å². The predicted molar refractivity (Wildman–Crippen MR) is 121 cm³/mol. The van der Waals surface area contributed by atoms with Crippen LogP contribution in [0.25, 0.3) is 0 Å². The molecule has 0 unspecified atom stereocenters. The maximum absolute atomic E-state index is 10.8. The molecule has 2 aromatic rings. The Labute approximate surface area is 182 Å². The van der Waals surface area contributed by atoms with E-state index in [2.05, 4.69) is 14.9 Å². The van der Waals surface area contributed by atoms with E-state index in [0.29, 0.717) is 29.8 Å². The number of carbonyl (C=O) groups is 1. The number of hydrogen-bond acceptors (Lipinski definition) is 8. The second-order valence-electron chi connectivity index (χ2n) is 7.16. The van der Waals surface area contributed by atoms with E-state index in [-0.39, 0.29) is 0 Å². The molecule has 3 rings (SSSR count). The Bertz CT molecular complexity index is 819. The van der Waals surface area contributed by atoms with E-state index < -0.39 is 0 Å². The minimum Gasteiger partial charge on any atom is -0.494 e. The van der Waals surface area contributed by atoms with Crippen LogP contribution in [0.5, 0.6) is 5.75 Å². The molecular weight excluding hydrogens is 400 g/mol. The molecule has 0 aliphatic carbocycles. The minimum atomic E-state index is 0.418. The molecule has 1 aliphatic rings. The van der Waals surface area contributed by atoms with Gasteiger partial charge in [-0.15, -0.1) is 0 Å². The van der Waals surface area contributed by atoms with Crippen molar-refractivity contribution in [3.8, 4) is 5.75 Å². The first-order valence-corrected chi connectivity index (χ1v) is 11.3. The number of para-hydroxylation sites is 1. The normalized spacial score (nSPS) is 14.6. The monoisotopic (exact) mass is 430 g/mol. The predicted octanol–water partition coefficient (Wildman–Crippen LogP) is 1.89. The summed E-state index contributed by atoms with van der Waals surface area (Å²) < 4.78 is 5.69. The zero-order chi connectivity index (χ0) is 21.3. The van der Waals surface area contributed by atoms with E-state index in [1.54, 1.807) is 11.8 Å². The van der Waals surface area contributed by atoms with Crippen molar-refractivity contribution in [2.24, 2.45) is 0 Å². The summed E-state index contributed by atoms with van der Waals surface area (Å²) in [5.41, 5.74) is 14.2. The van der Waals surface area contributed by atoms with E-state index in [9.17, 15) is 4.79 Å². The fraction of sp³-hybridized carbons (Fsp3) is 0.476. The lowest BCUT2D eigenvalue weighted by atomic mass is 10.1. The first-order chi connectivity index (χ1) is 14.6. The molecule has 1 saturated heterocycles. The molecule has 4 N–H and O–H groups in total. The van der Waals surface area contributed by atoms with Crippen LogP contribution >= 0.6 is 11.8 Å². The lowest BCUT2D eigenvalue weighted by Gasteiger charge is -2.32. The van der Waals surface area contributed by atoms with Gasteiger partial charge in [0, 0.05) is 43.9 Å². The van der Waals surface area contributed by atoms with Crippen LogP contribution in [-0.4, -0.2) is 71.3 Å². The molecule has 0 radical (unpaired) electrons. The number of rotatable bonds is 10. The van der Waals surface area contributed by atoms with Gasteiger partial charge in [-0.2, -0.15) is 0 Å². The summed E-state index contributed by atoms with van der Waals surface area (Å²) in [6.45, 7) is 7.02. The second-order valence-corrected chi connectivity index (χ2v) is 8.22. The highest BCUT2D eigenvalue weighted by molar-refractivity contribution is 7.99. The molecule has 30 heavy (non-hydrogen) atoms. The van der Waals surface area contributed by atoms with Crippen LogP contribution in [0, 0.1) is 0 Å². The molecule has 0 bridgehead atoms. The quantitative estimate of drug-likeness (QED) is 0.254. The molecule has 1 amide bonds. The molecule has 0 spiro atoms. The molecule has 0 atom stereocenters. The molecule has 1 aromatic carbocycles. The molecule has 9 heteroatoms. The fourth-order valence-electron chi connectivity index (χ4n) is 3.42. The van der Waals surface area contributed by atoms with E-state index >= 15 is 0 Å². The molecular formula is C21H30N6O2S. The maximum atomic E-state index is 10.8. The number of amides is 1. The van der Waals surface area contributed by atoms with Gasteiger partial charge in [0.1, 0.15) is 17.4 Å². The number of hydrogen-bond donors (Lipinski definition) is 2. The first-order valence-electron chi connectivity index (χ1n) is 10.3. The summed E-state index contributed by atoms with van der Waals surface area (Å²) in [6, 6.07) is 7.85. The van der Waals surface area contributed by atoms with E-state index in [4.69, 9.17) is 16.2 Å². The van der Waals surface area contributed by atoms with Crippen molar-refractivity contribution >= 4 is 29.8 Å². The number of ether oxygens (including phenoxy) is 1. The third kappa shape index (κ3) is 5.99. The molecule has 2 heterocycles. The molecule has 1 fully saturated rings. The summed E-state index contributed by atoms with van der Waals surface area (Å²) in [5.74, 6) is 2.55. The highest BCUT2D eigenvalue weighted by atomic mass is 32.2. The third-order valence-electron chi connectivity index (χ3n) is 5.10. The molecule has 0 saturated carbocycles. The standard InChI is InChI=1S/C21H30N6O2S/c1-2-29-18-7-4-3-6-16(18)14-17-19(22)24-21(25-20(17)23)30-13-5-8-26-9-11-27(15-28)12-10-26/h3-4,6-7,15H,2,5,8-14H2,1H3,(H4,22,23,24,25).